The predicted molar refractivity (Wildman–Crippen MR) is 93.2 cm³/mol. The standard InChI is InChI=1S/C17H19ClN2O2S/c18-13-7-5-12(6-8-13)11-23-16-14-3-1-4-15(14)20(9-2-10-21)17(22)19-16/h5-8,21H,1-4,9-11H2. The van der Waals surface area contributed by atoms with Gasteiger partial charge in [0.2, 0.25) is 0 Å². The molecule has 4 nitrogen and oxygen atoms in total. The van der Waals surface area contributed by atoms with Crippen LogP contribution >= 0.6 is 23.4 Å². The zero-order valence-corrected chi connectivity index (χ0v) is 14.4. The van der Waals surface area contributed by atoms with Crippen LogP contribution in [0.15, 0.2) is 34.1 Å². The number of aromatic nitrogens is 2. The Morgan fingerprint density at radius 3 is 2.78 bits per heavy atom. The van der Waals surface area contributed by atoms with E-state index in [-0.39, 0.29) is 12.3 Å². The molecule has 3 rings (SSSR count). The maximum atomic E-state index is 12.3. The first kappa shape index (κ1) is 16.6. The number of benzene rings is 1. The van der Waals surface area contributed by atoms with Crippen molar-refractivity contribution in [1.29, 1.82) is 0 Å². The molecule has 0 spiro atoms. The fraction of sp³-hybridized carbons (Fsp3) is 0.412. The normalized spacial score (nSPS) is 13.3. The highest BCUT2D eigenvalue weighted by Crippen LogP contribution is 2.31. The Hall–Kier alpha value is -1.30. The minimum atomic E-state index is -0.197. The average Bonchev–Trinajstić information content (AvgIpc) is 3.03. The minimum Gasteiger partial charge on any atom is -0.396 e. The number of fused-ring (bicyclic) bond motifs is 1. The Balaban J connectivity index is 1.83. The van der Waals surface area contributed by atoms with E-state index in [0.717, 1.165) is 46.3 Å². The second-order valence-corrected chi connectivity index (χ2v) is 7.02. The van der Waals surface area contributed by atoms with Crippen LogP contribution in [0.25, 0.3) is 0 Å². The minimum absolute atomic E-state index is 0.0915. The van der Waals surface area contributed by atoms with Crippen LogP contribution in [0.3, 0.4) is 0 Å². The summed E-state index contributed by atoms with van der Waals surface area (Å²) in [6, 6.07) is 7.75. The zero-order chi connectivity index (χ0) is 16.2. The molecule has 0 saturated heterocycles. The second kappa shape index (κ2) is 7.51. The predicted octanol–water partition coefficient (Wildman–Crippen LogP) is 3.06. The molecule has 122 valence electrons. The fourth-order valence-electron chi connectivity index (χ4n) is 2.90. The first-order valence-electron chi connectivity index (χ1n) is 7.79. The third-order valence-electron chi connectivity index (χ3n) is 4.03. The van der Waals surface area contributed by atoms with Crippen LogP contribution in [-0.4, -0.2) is 21.3 Å². The van der Waals surface area contributed by atoms with E-state index in [2.05, 4.69) is 4.98 Å². The molecule has 6 heteroatoms. The smallest absolute Gasteiger partial charge is 0.348 e. The maximum Gasteiger partial charge on any atom is 0.348 e. The van der Waals surface area contributed by atoms with Gasteiger partial charge >= 0.3 is 5.69 Å². The van der Waals surface area contributed by atoms with Gasteiger partial charge in [-0.2, -0.15) is 4.98 Å². The molecule has 0 unspecified atom stereocenters. The molecule has 1 aliphatic rings. The summed E-state index contributed by atoms with van der Waals surface area (Å²) < 4.78 is 1.74. The monoisotopic (exact) mass is 350 g/mol. The molecule has 0 saturated carbocycles. The van der Waals surface area contributed by atoms with Gasteiger partial charge in [0.1, 0.15) is 5.03 Å². The Kier molecular flexibility index (Phi) is 5.41. The van der Waals surface area contributed by atoms with Gasteiger partial charge in [0.05, 0.1) is 0 Å². The van der Waals surface area contributed by atoms with Crippen LogP contribution < -0.4 is 5.69 Å². The highest BCUT2D eigenvalue weighted by atomic mass is 35.5. The summed E-state index contributed by atoms with van der Waals surface area (Å²) in [6.07, 6.45) is 3.55. The summed E-state index contributed by atoms with van der Waals surface area (Å²) >= 11 is 7.52. The summed E-state index contributed by atoms with van der Waals surface area (Å²) in [6.45, 7) is 0.640. The summed E-state index contributed by atoms with van der Waals surface area (Å²) in [5.41, 5.74) is 3.29. The van der Waals surface area contributed by atoms with Crippen LogP contribution in [-0.2, 0) is 25.1 Å². The van der Waals surface area contributed by atoms with Gasteiger partial charge in [-0.05, 0) is 43.4 Å². The van der Waals surface area contributed by atoms with Gasteiger partial charge in [0.25, 0.3) is 0 Å². The number of rotatable bonds is 6. The van der Waals surface area contributed by atoms with Gasteiger partial charge in [0.15, 0.2) is 0 Å². The van der Waals surface area contributed by atoms with E-state index in [1.54, 1.807) is 16.3 Å². The number of hydrogen-bond donors (Lipinski definition) is 1. The van der Waals surface area contributed by atoms with E-state index in [9.17, 15) is 4.79 Å². The van der Waals surface area contributed by atoms with Gasteiger partial charge < -0.3 is 5.11 Å². The molecule has 1 aromatic heterocycles. The van der Waals surface area contributed by atoms with Gasteiger partial charge in [-0.25, -0.2) is 4.79 Å². The van der Waals surface area contributed by atoms with E-state index in [1.165, 1.54) is 5.56 Å². The molecule has 1 N–H and O–H groups in total. The third-order valence-corrected chi connectivity index (χ3v) is 5.37. The molecule has 0 bridgehead atoms. The van der Waals surface area contributed by atoms with Crippen LogP contribution in [0.2, 0.25) is 5.02 Å². The number of thioether (sulfide) groups is 1. The average molecular weight is 351 g/mol. The molecule has 0 radical (unpaired) electrons. The van der Waals surface area contributed by atoms with E-state index >= 15 is 0 Å². The molecule has 0 fully saturated rings. The summed E-state index contributed by atoms with van der Waals surface area (Å²) in [5.74, 6) is 0.775. The zero-order valence-electron chi connectivity index (χ0n) is 12.8. The van der Waals surface area contributed by atoms with Crippen molar-refractivity contribution in [1.82, 2.24) is 9.55 Å². The molecule has 23 heavy (non-hydrogen) atoms. The maximum absolute atomic E-state index is 12.3. The van der Waals surface area contributed by atoms with Gasteiger partial charge in [-0.1, -0.05) is 23.7 Å². The molecule has 1 aromatic carbocycles. The molecule has 1 heterocycles. The quantitative estimate of drug-likeness (QED) is 0.642. The Bertz CT molecular complexity index is 743. The molecule has 0 amide bonds. The Morgan fingerprint density at radius 1 is 1.26 bits per heavy atom. The highest BCUT2D eigenvalue weighted by molar-refractivity contribution is 7.98. The van der Waals surface area contributed by atoms with Crippen LogP contribution in [0, 0.1) is 0 Å². The van der Waals surface area contributed by atoms with Gasteiger partial charge in [-0.15, -0.1) is 11.8 Å². The number of hydrogen-bond acceptors (Lipinski definition) is 4. The van der Waals surface area contributed by atoms with E-state index < -0.39 is 0 Å². The third kappa shape index (κ3) is 3.79. The van der Waals surface area contributed by atoms with Crippen LogP contribution in [0.1, 0.15) is 29.7 Å². The van der Waals surface area contributed by atoms with Crippen molar-refractivity contribution in [3.8, 4) is 0 Å². The van der Waals surface area contributed by atoms with E-state index in [0.29, 0.717) is 13.0 Å². The number of nitrogens with zero attached hydrogens (tertiary/aromatic N) is 2. The lowest BCUT2D eigenvalue weighted by molar-refractivity contribution is 0.277. The lowest BCUT2D eigenvalue weighted by Crippen LogP contribution is -2.27. The molecule has 1 aliphatic carbocycles. The lowest BCUT2D eigenvalue weighted by atomic mass is 10.2. The van der Waals surface area contributed by atoms with E-state index in [1.807, 2.05) is 24.3 Å². The topological polar surface area (TPSA) is 55.1 Å². The van der Waals surface area contributed by atoms with Crippen molar-refractivity contribution in [2.45, 2.75) is 43.0 Å². The van der Waals surface area contributed by atoms with Crippen molar-refractivity contribution in [2.24, 2.45) is 0 Å². The van der Waals surface area contributed by atoms with Crippen molar-refractivity contribution < 1.29 is 5.11 Å². The first-order valence-corrected chi connectivity index (χ1v) is 9.16. The van der Waals surface area contributed by atoms with Crippen LogP contribution in [0.5, 0.6) is 0 Å². The van der Waals surface area contributed by atoms with Crippen molar-refractivity contribution in [2.75, 3.05) is 6.61 Å². The second-order valence-electron chi connectivity index (χ2n) is 5.62. The fourth-order valence-corrected chi connectivity index (χ4v) is 4.06. The van der Waals surface area contributed by atoms with Crippen molar-refractivity contribution in [3.05, 3.63) is 56.6 Å². The molecular formula is C17H19ClN2O2S. The summed E-state index contributed by atoms with van der Waals surface area (Å²) in [4.78, 5) is 16.6. The van der Waals surface area contributed by atoms with E-state index in [4.69, 9.17) is 16.7 Å². The Morgan fingerprint density at radius 2 is 2.04 bits per heavy atom. The molecule has 2 aromatic rings. The van der Waals surface area contributed by atoms with Gasteiger partial charge in [-0.3, -0.25) is 4.57 Å². The van der Waals surface area contributed by atoms with Gasteiger partial charge in [0, 0.05) is 35.2 Å². The van der Waals surface area contributed by atoms with Crippen molar-refractivity contribution in [3.63, 3.8) is 0 Å². The van der Waals surface area contributed by atoms with Crippen LogP contribution in [0.4, 0.5) is 0 Å². The summed E-state index contributed by atoms with van der Waals surface area (Å²) in [7, 11) is 0. The SMILES string of the molecule is O=c1nc(SCc2ccc(Cl)cc2)c2c(n1CCCO)CCC2. The number of aliphatic hydroxyl groups is 1. The molecule has 0 atom stereocenters. The highest BCUT2D eigenvalue weighted by Gasteiger charge is 2.21. The lowest BCUT2D eigenvalue weighted by Gasteiger charge is -2.13. The van der Waals surface area contributed by atoms with Crippen molar-refractivity contribution >= 4 is 23.4 Å². The first-order chi connectivity index (χ1) is 11.2. The largest absolute Gasteiger partial charge is 0.396 e. The number of aliphatic hydroxyl groups excluding tert-OH is 1. The number of halogens is 1. The Labute approximate surface area is 144 Å². The summed E-state index contributed by atoms with van der Waals surface area (Å²) in [5, 5.41) is 10.6. The molecule has 0 aliphatic heterocycles. The molecular weight excluding hydrogens is 332 g/mol.